The van der Waals surface area contributed by atoms with Crippen molar-refractivity contribution in [2.75, 3.05) is 33.4 Å². The number of morpholine rings is 1. The molecule has 1 amide bonds. The maximum Gasteiger partial charge on any atom is 0.271 e. The second-order valence-corrected chi connectivity index (χ2v) is 9.64. The number of methoxy groups -OCH3 is 1. The molecule has 0 bridgehead atoms. The molecular weight excluding hydrogens is 406 g/mol. The Bertz CT molecular complexity index is 1010. The Morgan fingerprint density at radius 2 is 1.87 bits per heavy atom. The minimum absolute atomic E-state index is 0.149. The number of hydrogen-bond acceptors (Lipinski definition) is 5. The summed E-state index contributed by atoms with van der Waals surface area (Å²) in [6, 6.07) is 9.33. The zero-order chi connectivity index (χ0) is 21.3. The van der Waals surface area contributed by atoms with Gasteiger partial charge in [-0.2, -0.15) is 4.31 Å². The number of nitrogens with zero attached hydrogens (tertiary/aromatic N) is 3. The highest BCUT2D eigenvalue weighted by molar-refractivity contribution is 7.89. The van der Waals surface area contributed by atoms with Crippen LogP contribution >= 0.6 is 0 Å². The van der Waals surface area contributed by atoms with Crippen LogP contribution in [0.5, 0.6) is 5.75 Å². The molecule has 9 heteroatoms. The number of carbonyl (C=O) groups excluding carboxylic acids is 1. The minimum atomic E-state index is -3.65. The molecule has 2 fully saturated rings. The molecular formula is C21H27N3O5S. The van der Waals surface area contributed by atoms with Crippen molar-refractivity contribution in [3.63, 3.8) is 0 Å². The Hall–Kier alpha value is -2.36. The third-order valence-electron chi connectivity index (χ3n) is 5.57. The van der Waals surface area contributed by atoms with Gasteiger partial charge in [-0.1, -0.05) is 12.1 Å². The highest BCUT2D eigenvalue weighted by atomic mass is 32.2. The van der Waals surface area contributed by atoms with Gasteiger partial charge in [0.25, 0.3) is 5.91 Å². The van der Waals surface area contributed by atoms with E-state index in [0.29, 0.717) is 38.5 Å². The summed E-state index contributed by atoms with van der Waals surface area (Å²) in [5, 5.41) is 0. The van der Waals surface area contributed by atoms with Gasteiger partial charge in [0.05, 0.1) is 20.3 Å². The van der Waals surface area contributed by atoms with Crippen LogP contribution in [0.15, 0.2) is 41.4 Å². The lowest BCUT2D eigenvalue weighted by Gasteiger charge is -2.25. The fraction of sp³-hybridized carbons (Fsp3) is 0.476. The Kier molecular flexibility index (Phi) is 5.86. The number of benzene rings is 1. The number of amides is 1. The molecule has 2 aromatic rings. The van der Waals surface area contributed by atoms with Crippen LogP contribution in [0.1, 0.15) is 28.9 Å². The van der Waals surface area contributed by atoms with E-state index in [1.54, 1.807) is 18.7 Å². The summed E-state index contributed by atoms with van der Waals surface area (Å²) in [6.45, 7) is 1.90. The third kappa shape index (κ3) is 4.23. The average molecular weight is 434 g/mol. The van der Waals surface area contributed by atoms with E-state index in [4.69, 9.17) is 9.47 Å². The van der Waals surface area contributed by atoms with Gasteiger partial charge >= 0.3 is 0 Å². The SMILES string of the molecule is COc1ccc(CN(C(=O)c2cc(S(=O)(=O)N3CCOCC3)cn2C)C2CC2)cc1. The molecule has 1 saturated carbocycles. The van der Waals surface area contributed by atoms with E-state index in [0.717, 1.165) is 24.2 Å². The summed E-state index contributed by atoms with van der Waals surface area (Å²) < 4.78 is 39.4. The summed E-state index contributed by atoms with van der Waals surface area (Å²) in [4.78, 5) is 15.3. The molecule has 0 unspecified atom stereocenters. The van der Waals surface area contributed by atoms with E-state index in [9.17, 15) is 13.2 Å². The number of aryl methyl sites for hydroxylation is 1. The average Bonchev–Trinajstić information content (AvgIpc) is 3.53. The zero-order valence-electron chi connectivity index (χ0n) is 17.3. The molecule has 8 nitrogen and oxygen atoms in total. The van der Waals surface area contributed by atoms with Crippen LogP contribution in [0.3, 0.4) is 0 Å². The van der Waals surface area contributed by atoms with Crippen molar-refractivity contribution < 1.29 is 22.7 Å². The molecule has 2 heterocycles. The first-order valence-electron chi connectivity index (χ1n) is 10.1. The van der Waals surface area contributed by atoms with Crippen molar-refractivity contribution in [1.29, 1.82) is 0 Å². The molecule has 1 aromatic carbocycles. The molecule has 1 aliphatic carbocycles. The van der Waals surface area contributed by atoms with E-state index >= 15 is 0 Å². The van der Waals surface area contributed by atoms with Crippen molar-refractivity contribution >= 4 is 15.9 Å². The number of hydrogen-bond donors (Lipinski definition) is 0. The van der Waals surface area contributed by atoms with Crippen molar-refractivity contribution in [3.8, 4) is 5.75 Å². The number of carbonyl (C=O) groups is 1. The fourth-order valence-electron chi connectivity index (χ4n) is 3.65. The Morgan fingerprint density at radius 3 is 2.47 bits per heavy atom. The van der Waals surface area contributed by atoms with Crippen LogP contribution in [-0.2, 0) is 28.4 Å². The quantitative estimate of drug-likeness (QED) is 0.666. The Labute approximate surface area is 177 Å². The minimum Gasteiger partial charge on any atom is -0.497 e. The van der Waals surface area contributed by atoms with Crippen molar-refractivity contribution in [1.82, 2.24) is 13.8 Å². The zero-order valence-corrected chi connectivity index (χ0v) is 18.1. The molecule has 1 aromatic heterocycles. The molecule has 2 aliphatic rings. The Balaban J connectivity index is 1.56. The van der Waals surface area contributed by atoms with Gasteiger partial charge in [0.2, 0.25) is 10.0 Å². The second kappa shape index (κ2) is 8.41. The van der Waals surface area contributed by atoms with Crippen LogP contribution in [0.4, 0.5) is 0 Å². The van der Waals surface area contributed by atoms with E-state index in [1.165, 1.54) is 16.6 Å². The molecule has 0 N–H and O–H groups in total. The summed E-state index contributed by atoms with van der Waals surface area (Å²) in [5.41, 5.74) is 1.38. The van der Waals surface area contributed by atoms with Gasteiger partial charge in [0.15, 0.2) is 0 Å². The highest BCUT2D eigenvalue weighted by Crippen LogP contribution is 2.31. The normalized spacial score (nSPS) is 17.7. The molecule has 4 rings (SSSR count). The van der Waals surface area contributed by atoms with Gasteiger partial charge in [-0.05, 0) is 36.6 Å². The topological polar surface area (TPSA) is 81.1 Å². The van der Waals surface area contributed by atoms with Crippen molar-refractivity contribution in [2.24, 2.45) is 7.05 Å². The predicted molar refractivity (Wildman–Crippen MR) is 111 cm³/mol. The van der Waals surface area contributed by atoms with Crippen LogP contribution < -0.4 is 4.74 Å². The molecule has 0 atom stereocenters. The Morgan fingerprint density at radius 1 is 1.20 bits per heavy atom. The first-order valence-corrected chi connectivity index (χ1v) is 11.5. The van der Waals surface area contributed by atoms with Gasteiger partial charge < -0.3 is 18.9 Å². The van der Waals surface area contributed by atoms with E-state index in [-0.39, 0.29) is 16.8 Å². The smallest absolute Gasteiger partial charge is 0.271 e. The number of rotatable bonds is 7. The standard InChI is InChI=1S/C21H27N3O5S/c1-22-15-19(30(26,27)23-9-11-29-12-10-23)13-20(22)21(25)24(17-5-6-17)14-16-3-7-18(28-2)8-4-16/h3-4,7-8,13,15,17H,5-6,9-12,14H2,1-2H3. The molecule has 1 aliphatic heterocycles. The number of ether oxygens (including phenoxy) is 2. The second-order valence-electron chi connectivity index (χ2n) is 7.70. The summed E-state index contributed by atoms with van der Waals surface area (Å²) in [5.74, 6) is 0.614. The largest absolute Gasteiger partial charge is 0.497 e. The lowest BCUT2D eigenvalue weighted by Crippen LogP contribution is -2.40. The van der Waals surface area contributed by atoms with Crippen LogP contribution in [0.25, 0.3) is 0 Å². The predicted octanol–water partition coefficient (Wildman–Crippen LogP) is 1.86. The van der Waals surface area contributed by atoms with Gasteiger partial charge in [0.1, 0.15) is 16.3 Å². The number of aromatic nitrogens is 1. The van der Waals surface area contributed by atoms with Gasteiger partial charge in [0, 0.05) is 38.9 Å². The van der Waals surface area contributed by atoms with Gasteiger partial charge in [-0.3, -0.25) is 4.79 Å². The van der Waals surface area contributed by atoms with Gasteiger partial charge in [-0.25, -0.2) is 8.42 Å². The fourth-order valence-corrected chi connectivity index (χ4v) is 5.13. The first-order chi connectivity index (χ1) is 14.4. The van der Waals surface area contributed by atoms with E-state index in [2.05, 4.69) is 0 Å². The third-order valence-corrected chi connectivity index (χ3v) is 7.43. The van der Waals surface area contributed by atoms with Gasteiger partial charge in [-0.15, -0.1) is 0 Å². The lowest BCUT2D eigenvalue weighted by atomic mass is 10.2. The highest BCUT2D eigenvalue weighted by Gasteiger charge is 2.35. The lowest BCUT2D eigenvalue weighted by molar-refractivity contribution is 0.0719. The van der Waals surface area contributed by atoms with Crippen LogP contribution in [0.2, 0.25) is 0 Å². The first kappa shape index (κ1) is 20.9. The van der Waals surface area contributed by atoms with E-state index in [1.807, 2.05) is 29.2 Å². The van der Waals surface area contributed by atoms with Crippen LogP contribution in [-0.4, -0.2) is 67.6 Å². The summed E-state index contributed by atoms with van der Waals surface area (Å²) in [7, 11) is -0.316. The number of sulfonamides is 1. The summed E-state index contributed by atoms with van der Waals surface area (Å²) >= 11 is 0. The maximum atomic E-state index is 13.3. The maximum absolute atomic E-state index is 13.3. The molecule has 0 radical (unpaired) electrons. The summed E-state index contributed by atoms with van der Waals surface area (Å²) in [6.07, 6.45) is 3.45. The van der Waals surface area contributed by atoms with E-state index < -0.39 is 10.0 Å². The monoisotopic (exact) mass is 433 g/mol. The molecule has 1 saturated heterocycles. The van der Waals surface area contributed by atoms with Crippen molar-refractivity contribution in [2.45, 2.75) is 30.3 Å². The van der Waals surface area contributed by atoms with Crippen LogP contribution in [0, 0.1) is 0 Å². The molecule has 162 valence electrons. The molecule has 30 heavy (non-hydrogen) atoms. The van der Waals surface area contributed by atoms with Crippen molar-refractivity contribution in [3.05, 3.63) is 47.8 Å². The molecule has 0 spiro atoms.